The lowest BCUT2D eigenvalue weighted by Crippen LogP contribution is -2.25. The number of nitrogens with one attached hydrogen (secondary N) is 1. The molecule has 0 heterocycles. The number of hydrogen-bond acceptors (Lipinski definition) is 2. The van der Waals surface area contributed by atoms with Crippen LogP contribution in [-0.4, -0.2) is 26.8 Å². The molecular formula is C16H26FNO. The predicted molar refractivity (Wildman–Crippen MR) is 78.0 cm³/mol. The Hall–Kier alpha value is -0.930. The third-order valence-corrected chi connectivity index (χ3v) is 3.16. The van der Waals surface area contributed by atoms with E-state index in [1.807, 2.05) is 6.07 Å². The first-order valence-electron chi connectivity index (χ1n) is 7.08. The fraction of sp³-hybridized carbons (Fsp3) is 0.625. The van der Waals surface area contributed by atoms with Gasteiger partial charge >= 0.3 is 0 Å². The summed E-state index contributed by atoms with van der Waals surface area (Å²) in [7, 11) is 1.72. The molecule has 0 aliphatic rings. The quantitative estimate of drug-likeness (QED) is 0.690. The molecule has 0 spiro atoms. The van der Waals surface area contributed by atoms with Crippen molar-refractivity contribution in [3.8, 4) is 0 Å². The molecule has 0 fully saturated rings. The Morgan fingerprint density at radius 2 is 2.05 bits per heavy atom. The number of hydrogen-bond donors (Lipinski definition) is 1. The fourth-order valence-electron chi connectivity index (χ4n) is 2.17. The van der Waals surface area contributed by atoms with Gasteiger partial charge in [0.1, 0.15) is 5.82 Å². The van der Waals surface area contributed by atoms with Crippen LogP contribution in [0.25, 0.3) is 0 Å². The monoisotopic (exact) mass is 267 g/mol. The molecule has 108 valence electrons. The molecule has 0 bridgehead atoms. The second kappa shape index (κ2) is 9.05. The maximum absolute atomic E-state index is 13.3. The Morgan fingerprint density at radius 3 is 2.68 bits per heavy atom. The number of rotatable bonds is 9. The van der Waals surface area contributed by atoms with E-state index in [0.29, 0.717) is 11.8 Å². The van der Waals surface area contributed by atoms with Gasteiger partial charge in [-0.25, -0.2) is 4.39 Å². The molecule has 2 nitrogen and oxygen atoms in total. The van der Waals surface area contributed by atoms with E-state index in [-0.39, 0.29) is 5.82 Å². The lowest BCUT2D eigenvalue weighted by Gasteiger charge is -2.19. The van der Waals surface area contributed by atoms with Crippen LogP contribution < -0.4 is 5.32 Å². The van der Waals surface area contributed by atoms with E-state index >= 15 is 0 Å². The highest BCUT2D eigenvalue weighted by atomic mass is 19.1. The van der Waals surface area contributed by atoms with Gasteiger partial charge in [0.2, 0.25) is 0 Å². The van der Waals surface area contributed by atoms with Gasteiger partial charge in [0, 0.05) is 20.3 Å². The summed E-state index contributed by atoms with van der Waals surface area (Å²) in [6.45, 7) is 7.03. The van der Waals surface area contributed by atoms with Crippen LogP contribution in [0, 0.1) is 11.7 Å². The van der Waals surface area contributed by atoms with Gasteiger partial charge in [-0.15, -0.1) is 0 Å². The summed E-state index contributed by atoms with van der Waals surface area (Å²) < 4.78 is 18.4. The summed E-state index contributed by atoms with van der Waals surface area (Å²) in [5.74, 6) is 0.829. The van der Waals surface area contributed by atoms with Gasteiger partial charge in [-0.2, -0.15) is 0 Å². The molecule has 1 aromatic carbocycles. The fourth-order valence-corrected chi connectivity index (χ4v) is 2.17. The number of methoxy groups -OCH3 is 1. The average Bonchev–Trinajstić information content (AvgIpc) is 2.37. The van der Waals surface area contributed by atoms with Crippen molar-refractivity contribution in [2.75, 3.05) is 26.8 Å². The van der Waals surface area contributed by atoms with Crippen LogP contribution in [0.4, 0.5) is 4.39 Å². The standard InChI is InChI=1S/C16H26FNO/c1-13(2)11-18-12-15(7-5-9-19-3)14-6-4-8-16(17)10-14/h4,6,8,10,13,15,18H,5,7,9,11-12H2,1-3H3. The molecule has 1 N–H and O–H groups in total. The van der Waals surface area contributed by atoms with E-state index in [1.54, 1.807) is 19.2 Å². The summed E-state index contributed by atoms with van der Waals surface area (Å²) in [4.78, 5) is 0. The minimum absolute atomic E-state index is 0.155. The number of halogens is 1. The van der Waals surface area contributed by atoms with Gasteiger partial charge in [-0.1, -0.05) is 26.0 Å². The van der Waals surface area contributed by atoms with E-state index in [4.69, 9.17) is 4.74 Å². The molecule has 3 heteroatoms. The van der Waals surface area contributed by atoms with Crippen LogP contribution in [0.3, 0.4) is 0 Å². The van der Waals surface area contributed by atoms with E-state index in [9.17, 15) is 4.39 Å². The predicted octanol–water partition coefficient (Wildman–Crippen LogP) is 3.58. The molecule has 0 radical (unpaired) electrons. The summed E-state index contributed by atoms with van der Waals surface area (Å²) in [5.41, 5.74) is 1.08. The molecule has 0 aromatic heterocycles. The third-order valence-electron chi connectivity index (χ3n) is 3.16. The van der Waals surface area contributed by atoms with Gasteiger partial charge < -0.3 is 10.1 Å². The lowest BCUT2D eigenvalue weighted by molar-refractivity contribution is 0.190. The SMILES string of the molecule is COCCCC(CNCC(C)C)c1cccc(F)c1. The van der Waals surface area contributed by atoms with Crippen LogP contribution in [0.15, 0.2) is 24.3 Å². The molecular weight excluding hydrogens is 241 g/mol. The normalized spacial score (nSPS) is 12.9. The number of ether oxygens (including phenoxy) is 1. The van der Waals surface area contributed by atoms with Crippen molar-refractivity contribution in [2.45, 2.75) is 32.6 Å². The van der Waals surface area contributed by atoms with Gasteiger partial charge in [0.05, 0.1) is 0 Å². The van der Waals surface area contributed by atoms with Gasteiger partial charge in [0.25, 0.3) is 0 Å². The molecule has 0 aliphatic heterocycles. The van der Waals surface area contributed by atoms with Crippen LogP contribution in [0.2, 0.25) is 0 Å². The highest BCUT2D eigenvalue weighted by Crippen LogP contribution is 2.21. The number of benzene rings is 1. The van der Waals surface area contributed by atoms with Crippen molar-refractivity contribution < 1.29 is 9.13 Å². The van der Waals surface area contributed by atoms with E-state index in [1.165, 1.54) is 6.07 Å². The van der Waals surface area contributed by atoms with Crippen molar-refractivity contribution in [2.24, 2.45) is 5.92 Å². The molecule has 1 atom stereocenters. The van der Waals surface area contributed by atoms with Crippen LogP contribution >= 0.6 is 0 Å². The Balaban J connectivity index is 2.57. The largest absolute Gasteiger partial charge is 0.385 e. The Bertz CT molecular complexity index is 354. The smallest absolute Gasteiger partial charge is 0.123 e. The summed E-state index contributed by atoms with van der Waals surface area (Å²) in [6.07, 6.45) is 2.02. The zero-order valence-electron chi connectivity index (χ0n) is 12.3. The first-order chi connectivity index (χ1) is 9.13. The lowest BCUT2D eigenvalue weighted by atomic mass is 9.94. The van der Waals surface area contributed by atoms with Crippen molar-refractivity contribution in [1.29, 1.82) is 0 Å². The van der Waals surface area contributed by atoms with E-state index < -0.39 is 0 Å². The molecule has 1 rings (SSSR count). The van der Waals surface area contributed by atoms with Gasteiger partial charge in [-0.3, -0.25) is 0 Å². The second-order valence-electron chi connectivity index (χ2n) is 5.44. The highest BCUT2D eigenvalue weighted by Gasteiger charge is 2.12. The second-order valence-corrected chi connectivity index (χ2v) is 5.44. The van der Waals surface area contributed by atoms with Crippen LogP contribution in [0.1, 0.15) is 38.2 Å². The van der Waals surface area contributed by atoms with Gasteiger partial charge in [0.15, 0.2) is 0 Å². The molecule has 0 aliphatic carbocycles. The first-order valence-corrected chi connectivity index (χ1v) is 7.08. The van der Waals surface area contributed by atoms with Crippen molar-refractivity contribution in [1.82, 2.24) is 5.32 Å². The molecule has 0 amide bonds. The third kappa shape index (κ3) is 6.69. The zero-order chi connectivity index (χ0) is 14.1. The maximum Gasteiger partial charge on any atom is 0.123 e. The summed E-state index contributed by atoms with van der Waals surface area (Å²) in [5, 5.41) is 3.47. The molecule has 0 saturated heterocycles. The molecule has 1 unspecified atom stereocenters. The van der Waals surface area contributed by atoms with E-state index in [0.717, 1.165) is 38.1 Å². The Morgan fingerprint density at radius 1 is 1.26 bits per heavy atom. The van der Waals surface area contributed by atoms with Gasteiger partial charge in [-0.05, 0) is 48.9 Å². The maximum atomic E-state index is 13.3. The minimum atomic E-state index is -0.155. The van der Waals surface area contributed by atoms with Crippen molar-refractivity contribution in [3.05, 3.63) is 35.6 Å². The van der Waals surface area contributed by atoms with Crippen molar-refractivity contribution >= 4 is 0 Å². The summed E-state index contributed by atoms with van der Waals surface area (Å²) >= 11 is 0. The molecule has 1 aromatic rings. The van der Waals surface area contributed by atoms with E-state index in [2.05, 4.69) is 19.2 Å². The Labute approximate surface area is 116 Å². The van der Waals surface area contributed by atoms with Crippen LogP contribution in [-0.2, 0) is 4.74 Å². The minimum Gasteiger partial charge on any atom is -0.385 e. The topological polar surface area (TPSA) is 21.3 Å². The zero-order valence-corrected chi connectivity index (χ0v) is 12.3. The highest BCUT2D eigenvalue weighted by molar-refractivity contribution is 5.21. The molecule has 19 heavy (non-hydrogen) atoms. The first kappa shape index (κ1) is 16.1. The molecule has 0 saturated carbocycles. The van der Waals surface area contributed by atoms with Crippen LogP contribution in [0.5, 0.6) is 0 Å². The summed E-state index contributed by atoms with van der Waals surface area (Å²) in [6, 6.07) is 6.94. The Kier molecular flexibility index (Phi) is 7.68. The average molecular weight is 267 g/mol. The van der Waals surface area contributed by atoms with Crippen molar-refractivity contribution in [3.63, 3.8) is 0 Å².